The normalized spacial score (nSPS) is 23.3. The average molecular weight is 493 g/mol. The molecule has 0 radical (unpaired) electrons. The Morgan fingerprint density at radius 2 is 1.66 bits per heavy atom. The Balaban J connectivity index is 1.07. The summed E-state index contributed by atoms with van der Waals surface area (Å²) in [6, 6.07) is 16.9. The van der Waals surface area contributed by atoms with Gasteiger partial charge in [-0.25, -0.2) is 0 Å². The van der Waals surface area contributed by atoms with Crippen molar-refractivity contribution in [1.29, 1.82) is 5.26 Å². The first-order valence-corrected chi connectivity index (χ1v) is 13.0. The Morgan fingerprint density at radius 1 is 0.971 bits per heavy atom. The number of benzene rings is 2. The summed E-state index contributed by atoms with van der Waals surface area (Å²) in [5.41, 5.74) is 3.34. The minimum absolute atomic E-state index is 0.00846. The number of nitrogens with one attached hydrogen (secondary N) is 3. The summed E-state index contributed by atoms with van der Waals surface area (Å²) in [6.07, 6.45) is 3.83. The predicted octanol–water partition coefficient (Wildman–Crippen LogP) is 3.46. The summed E-state index contributed by atoms with van der Waals surface area (Å²) < 4.78 is 0. The second-order valence-electron chi connectivity index (χ2n) is 9.85. The molecule has 3 fully saturated rings. The highest BCUT2D eigenvalue weighted by Gasteiger charge is 2.28. The van der Waals surface area contributed by atoms with Crippen LogP contribution in [0.4, 0.5) is 11.4 Å². The Morgan fingerprint density at radius 3 is 2.26 bits per heavy atom. The smallest absolute Gasteiger partial charge is 0.251 e. The zero-order valence-electron chi connectivity index (χ0n) is 20.0. The summed E-state index contributed by atoms with van der Waals surface area (Å²) in [7, 11) is 0. The number of amides is 1. The van der Waals surface area contributed by atoms with E-state index in [-0.39, 0.29) is 11.9 Å². The second kappa shape index (κ2) is 10.9. The van der Waals surface area contributed by atoms with Gasteiger partial charge in [-0.2, -0.15) is 5.26 Å². The van der Waals surface area contributed by atoms with Gasteiger partial charge in [-0.1, -0.05) is 11.6 Å². The van der Waals surface area contributed by atoms with E-state index in [4.69, 9.17) is 16.9 Å². The van der Waals surface area contributed by atoms with E-state index in [9.17, 15) is 4.79 Å². The molecule has 1 aliphatic carbocycles. The number of nitriles is 1. The number of carbonyl (C=O) groups is 1. The molecule has 184 valence electrons. The third-order valence-electron chi connectivity index (χ3n) is 7.61. The van der Waals surface area contributed by atoms with Crippen molar-refractivity contribution in [2.75, 3.05) is 49.5 Å². The molecule has 2 saturated heterocycles. The molecule has 2 aromatic carbocycles. The standard InChI is InChI=1S/C27H33ClN6O/c28-26-15-23(4-1-20(26)16-29)31-21-5-7-22(8-6-21)32-27(35)19-2-9-24(10-3-19)33-11-13-34(14-12-33)25-17-30-18-25/h1-4,9-10,15,21-22,25,30-31H,5-8,11-14,17-18H2,(H,32,35). The largest absolute Gasteiger partial charge is 0.382 e. The van der Waals surface area contributed by atoms with Crippen LogP contribution in [0.1, 0.15) is 41.6 Å². The van der Waals surface area contributed by atoms with Crippen molar-refractivity contribution in [3.8, 4) is 6.07 Å². The summed E-state index contributed by atoms with van der Waals surface area (Å²) in [6.45, 7) is 6.51. The number of anilines is 2. The van der Waals surface area contributed by atoms with E-state index < -0.39 is 0 Å². The summed E-state index contributed by atoms with van der Waals surface area (Å²) in [5, 5.41) is 19.6. The maximum absolute atomic E-state index is 12.8. The first kappa shape index (κ1) is 23.9. The van der Waals surface area contributed by atoms with Crippen LogP contribution in [0.5, 0.6) is 0 Å². The van der Waals surface area contributed by atoms with Crippen molar-refractivity contribution in [2.45, 2.75) is 43.8 Å². The molecule has 3 N–H and O–H groups in total. The first-order chi connectivity index (χ1) is 17.1. The van der Waals surface area contributed by atoms with Crippen molar-refractivity contribution in [3.63, 3.8) is 0 Å². The van der Waals surface area contributed by atoms with E-state index in [0.717, 1.165) is 76.2 Å². The molecule has 0 unspecified atom stereocenters. The monoisotopic (exact) mass is 492 g/mol. The molecule has 7 nitrogen and oxygen atoms in total. The number of rotatable bonds is 6. The lowest BCUT2D eigenvalue weighted by Crippen LogP contribution is -2.61. The molecule has 2 aliphatic heterocycles. The summed E-state index contributed by atoms with van der Waals surface area (Å²) in [4.78, 5) is 17.8. The molecule has 0 aromatic heterocycles. The van der Waals surface area contributed by atoms with Crippen LogP contribution in [-0.2, 0) is 0 Å². The lowest BCUT2D eigenvalue weighted by molar-refractivity contribution is 0.0926. The molecule has 0 spiro atoms. The van der Waals surface area contributed by atoms with Gasteiger partial charge in [-0.05, 0) is 68.1 Å². The Labute approximate surface area is 212 Å². The Kier molecular flexibility index (Phi) is 7.43. The van der Waals surface area contributed by atoms with Crippen LogP contribution < -0.4 is 20.9 Å². The quantitative estimate of drug-likeness (QED) is 0.573. The number of carbonyl (C=O) groups excluding carboxylic acids is 1. The molecule has 1 saturated carbocycles. The number of hydrogen-bond acceptors (Lipinski definition) is 6. The fourth-order valence-corrected chi connectivity index (χ4v) is 5.51. The molecule has 2 heterocycles. The van der Waals surface area contributed by atoms with E-state index in [2.05, 4.69) is 44.0 Å². The lowest BCUT2D eigenvalue weighted by Gasteiger charge is -2.43. The van der Waals surface area contributed by atoms with Gasteiger partial charge in [0, 0.05) is 74.3 Å². The average Bonchev–Trinajstić information content (AvgIpc) is 2.85. The van der Waals surface area contributed by atoms with Crippen LogP contribution in [-0.4, -0.2) is 68.2 Å². The fraction of sp³-hybridized carbons (Fsp3) is 0.481. The van der Waals surface area contributed by atoms with E-state index in [1.54, 1.807) is 6.07 Å². The van der Waals surface area contributed by atoms with Crippen LogP contribution in [0.25, 0.3) is 0 Å². The van der Waals surface area contributed by atoms with Crippen LogP contribution >= 0.6 is 11.6 Å². The van der Waals surface area contributed by atoms with E-state index in [1.165, 1.54) is 5.69 Å². The minimum atomic E-state index is 0.00846. The van der Waals surface area contributed by atoms with Gasteiger partial charge in [0.05, 0.1) is 10.6 Å². The third-order valence-corrected chi connectivity index (χ3v) is 7.92. The second-order valence-corrected chi connectivity index (χ2v) is 10.3. The molecular weight excluding hydrogens is 460 g/mol. The van der Waals surface area contributed by atoms with Gasteiger partial charge in [0.1, 0.15) is 6.07 Å². The van der Waals surface area contributed by atoms with Gasteiger partial charge in [0.2, 0.25) is 0 Å². The highest BCUT2D eigenvalue weighted by atomic mass is 35.5. The van der Waals surface area contributed by atoms with Gasteiger partial charge in [-0.15, -0.1) is 0 Å². The van der Waals surface area contributed by atoms with Gasteiger partial charge in [0.25, 0.3) is 5.91 Å². The SMILES string of the molecule is N#Cc1ccc(NC2CCC(NC(=O)c3ccc(N4CCN(C5CNC5)CC4)cc3)CC2)cc1Cl. The predicted molar refractivity (Wildman–Crippen MR) is 140 cm³/mol. The van der Waals surface area contributed by atoms with Gasteiger partial charge in [0.15, 0.2) is 0 Å². The van der Waals surface area contributed by atoms with E-state index >= 15 is 0 Å². The van der Waals surface area contributed by atoms with Gasteiger partial charge >= 0.3 is 0 Å². The fourth-order valence-electron chi connectivity index (χ4n) is 5.28. The van der Waals surface area contributed by atoms with E-state index in [1.807, 2.05) is 24.3 Å². The first-order valence-electron chi connectivity index (χ1n) is 12.7. The molecule has 2 aromatic rings. The summed E-state index contributed by atoms with van der Waals surface area (Å²) in [5.74, 6) is 0.00846. The molecule has 0 atom stereocenters. The maximum Gasteiger partial charge on any atom is 0.251 e. The number of halogens is 1. The van der Waals surface area contributed by atoms with E-state index in [0.29, 0.717) is 22.7 Å². The van der Waals surface area contributed by atoms with Crippen LogP contribution in [0.2, 0.25) is 5.02 Å². The molecular formula is C27H33ClN6O. The zero-order valence-corrected chi connectivity index (χ0v) is 20.7. The van der Waals surface area contributed by atoms with Crippen molar-refractivity contribution in [1.82, 2.24) is 15.5 Å². The molecule has 0 bridgehead atoms. The number of piperazine rings is 1. The molecule has 3 aliphatic rings. The van der Waals surface area contributed by atoms with Crippen LogP contribution in [0.15, 0.2) is 42.5 Å². The third kappa shape index (κ3) is 5.72. The zero-order chi connectivity index (χ0) is 24.2. The Hall–Kier alpha value is -2.79. The number of hydrogen-bond donors (Lipinski definition) is 3. The minimum Gasteiger partial charge on any atom is -0.382 e. The van der Waals surface area contributed by atoms with Gasteiger partial charge in [-0.3, -0.25) is 9.69 Å². The van der Waals surface area contributed by atoms with Gasteiger partial charge < -0.3 is 20.9 Å². The van der Waals surface area contributed by atoms with Crippen molar-refractivity contribution in [2.24, 2.45) is 0 Å². The van der Waals surface area contributed by atoms with Crippen LogP contribution in [0.3, 0.4) is 0 Å². The summed E-state index contributed by atoms with van der Waals surface area (Å²) >= 11 is 6.15. The molecule has 5 rings (SSSR count). The van der Waals surface area contributed by atoms with Crippen molar-refractivity contribution < 1.29 is 4.79 Å². The number of nitrogens with zero attached hydrogens (tertiary/aromatic N) is 3. The Bertz CT molecular complexity index is 1060. The topological polar surface area (TPSA) is 83.4 Å². The highest BCUT2D eigenvalue weighted by molar-refractivity contribution is 6.32. The molecule has 35 heavy (non-hydrogen) atoms. The van der Waals surface area contributed by atoms with Crippen molar-refractivity contribution in [3.05, 3.63) is 58.6 Å². The maximum atomic E-state index is 12.8. The molecule has 8 heteroatoms. The van der Waals surface area contributed by atoms with Crippen LogP contribution in [0, 0.1) is 11.3 Å². The lowest BCUT2D eigenvalue weighted by atomic mass is 9.90. The molecule has 1 amide bonds. The van der Waals surface area contributed by atoms with Crippen molar-refractivity contribution >= 4 is 28.9 Å². The highest BCUT2D eigenvalue weighted by Crippen LogP contribution is 2.26.